The molecule has 0 atom stereocenters. The van der Waals surface area contributed by atoms with Crippen molar-refractivity contribution < 1.29 is 14.0 Å². The van der Waals surface area contributed by atoms with Crippen LogP contribution in [0.1, 0.15) is 42.6 Å². The van der Waals surface area contributed by atoms with Gasteiger partial charge in [-0.2, -0.15) is 0 Å². The lowest BCUT2D eigenvalue weighted by Gasteiger charge is -2.19. The van der Waals surface area contributed by atoms with E-state index < -0.39 is 11.8 Å². The van der Waals surface area contributed by atoms with Crippen LogP contribution < -0.4 is 5.32 Å². The molecule has 0 saturated carbocycles. The molecule has 8 nitrogen and oxygen atoms in total. The van der Waals surface area contributed by atoms with E-state index in [1.165, 1.54) is 17.3 Å². The van der Waals surface area contributed by atoms with E-state index in [1.54, 1.807) is 36.2 Å². The monoisotopic (exact) mass is 477 g/mol. The van der Waals surface area contributed by atoms with Crippen LogP contribution in [-0.4, -0.2) is 36.9 Å². The predicted molar refractivity (Wildman–Crippen MR) is 131 cm³/mol. The summed E-state index contributed by atoms with van der Waals surface area (Å²) >= 11 is 1.22. The number of imide groups is 1. The van der Waals surface area contributed by atoms with Gasteiger partial charge in [0.2, 0.25) is 5.91 Å². The van der Waals surface area contributed by atoms with E-state index in [0.717, 1.165) is 11.3 Å². The molecular weight excluding hydrogens is 450 g/mol. The number of aromatic nitrogens is 4. The Bertz CT molecular complexity index is 1280. The molecule has 0 spiro atoms. The summed E-state index contributed by atoms with van der Waals surface area (Å²) in [7, 11) is 1.75. The second-order valence-corrected chi connectivity index (χ2v) is 9.91. The van der Waals surface area contributed by atoms with E-state index in [0.29, 0.717) is 23.2 Å². The molecule has 176 valence electrons. The minimum absolute atomic E-state index is 0.0232. The fraction of sp³-hybridized carbons (Fsp3) is 0.280. The third-order valence-corrected chi connectivity index (χ3v) is 6.35. The Hall–Kier alpha value is -3.59. The number of furan rings is 1. The molecule has 9 heteroatoms. The molecular formula is C25H27N5O3S. The Kier molecular flexibility index (Phi) is 6.74. The second kappa shape index (κ2) is 9.72. The first-order valence-corrected chi connectivity index (χ1v) is 11.9. The average molecular weight is 478 g/mol. The number of thioether (sulfide) groups is 1. The zero-order chi connectivity index (χ0) is 24.3. The molecule has 4 rings (SSSR count). The zero-order valence-corrected chi connectivity index (χ0v) is 20.4. The Morgan fingerprint density at radius 3 is 2.44 bits per heavy atom. The summed E-state index contributed by atoms with van der Waals surface area (Å²) in [4.78, 5) is 24.7. The van der Waals surface area contributed by atoms with Crippen LogP contribution in [0.15, 0.2) is 70.6 Å². The number of amides is 2. The number of hydrogen-bond donors (Lipinski definition) is 1. The van der Waals surface area contributed by atoms with Crippen molar-refractivity contribution in [2.45, 2.75) is 37.9 Å². The van der Waals surface area contributed by atoms with Crippen molar-refractivity contribution in [1.29, 1.82) is 0 Å². The maximum atomic E-state index is 12.4. The second-order valence-electron chi connectivity index (χ2n) is 8.97. The van der Waals surface area contributed by atoms with Crippen LogP contribution in [0.5, 0.6) is 0 Å². The van der Waals surface area contributed by atoms with Crippen LogP contribution in [0.4, 0.5) is 0 Å². The Labute approximate surface area is 202 Å². The van der Waals surface area contributed by atoms with Crippen molar-refractivity contribution in [3.63, 3.8) is 0 Å². The molecule has 0 saturated heterocycles. The molecule has 0 fully saturated rings. The summed E-state index contributed by atoms with van der Waals surface area (Å²) in [5, 5.41) is 11.7. The van der Waals surface area contributed by atoms with E-state index >= 15 is 0 Å². The Balaban J connectivity index is 1.53. The lowest BCUT2D eigenvalue weighted by molar-refractivity contribution is -0.117. The van der Waals surface area contributed by atoms with Crippen LogP contribution in [0, 0.1) is 0 Å². The van der Waals surface area contributed by atoms with Gasteiger partial charge in [-0.05, 0) is 35.2 Å². The first-order valence-electron chi connectivity index (χ1n) is 10.9. The van der Waals surface area contributed by atoms with Gasteiger partial charge in [-0.1, -0.05) is 56.8 Å². The van der Waals surface area contributed by atoms with Gasteiger partial charge in [0.1, 0.15) is 11.5 Å². The van der Waals surface area contributed by atoms with E-state index in [-0.39, 0.29) is 11.2 Å². The van der Waals surface area contributed by atoms with Gasteiger partial charge >= 0.3 is 0 Å². The standard InChI is InChI=1S/C25H27N5O3S/c1-25(2,3)18-11-9-17(10-12-18)22-27-28-24(30(22)15-19-7-6-14-33-19)34-16-21(31)26-23(32)20-8-5-13-29(20)4/h5-14H,15-16H2,1-4H3,(H,26,31,32). The van der Waals surface area contributed by atoms with Gasteiger partial charge in [0.05, 0.1) is 18.6 Å². The first kappa shape index (κ1) is 23.6. The van der Waals surface area contributed by atoms with Crippen molar-refractivity contribution in [3.05, 3.63) is 78.0 Å². The van der Waals surface area contributed by atoms with E-state index in [1.807, 2.05) is 28.8 Å². The van der Waals surface area contributed by atoms with Crippen LogP contribution in [0.2, 0.25) is 0 Å². The van der Waals surface area contributed by atoms with Crippen molar-refractivity contribution in [2.24, 2.45) is 7.05 Å². The molecule has 0 bridgehead atoms. The van der Waals surface area contributed by atoms with E-state index in [9.17, 15) is 9.59 Å². The summed E-state index contributed by atoms with van der Waals surface area (Å²) in [5.74, 6) is 0.613. The number of hydrogen-bond acceptors (Lipinski definition) is 6. The average Bonchev–Trinajstić information content (AvgIpc) is 3.54. The highest BCUT2D eigenvalue weighted by Crippen LogP contribution is 2.28. The maximum Gasteiger partial charge on any atom is 0.274 e. The lowest BCUT2D eigenvalue weighted by atomic mass is 9.87. The van der Waals surface area contributed by atoms with Gasteiger partial charge in [-0.3, -0.25) is 19.5 Å². The number of carbonyl (C=O) groups excluding carboxylic acids is 2. The quantitative estimate of drug-likeness (QED) is 0.400. The Morgan fingerprint density at radius 2 is 1.82 bits per heavy atom. The maximum absolute atomic E-state index is 12.4. The van der Waals surface area contributed by atoms with E-state index in [4.69, 9.17) is 4.42 Å². The number of nitrogens with zero attached hydrogens (tertiary/aromatic N) is 4. The molecule has 0 aliphatic rings. The van der Waals surface area contributed by atoms with Crippen molar-refractivity contribution >= 4 is 23.6 Å². The van der Waals surface area contributed by atoms with Gasteiger partial charge in [0.15, 0.2) is 11.0 Å². The summed E-state index contributed by atoms with van der Waals surface area (Å²) in [6.45, 7) is 6.93. The van der Waals surface area contributed by atoms with Crippen molar-refractivity contribution in [1.82, 2.24) is 24.6 Å². The molecule has 0 aliphatic heterocycles. The SMILES string of the molecule is Cn1cccc1C(=O)NC(=O)CSc1nnc(-c2ccc(C(C)(C)C)cc2)n1Cc1ccco1. The van der Waals surface area contributed by atoms with Crippen LogP contribution in [0.25, 0.3) is 11.4 Å². The van der Waals surface area contributed by atoms with Gasteiger partial charge in [-0.25, -0.2) is 0 Å². The summed E-state index contributed by atoms with van der Waals surface area (Å²) < 4.78 is 9.11. The zero-order valence-electron chi connectivity index (χ0n) is 19.6. The fourth-order valence-corrected chi connectivity index (χ4v) is 4.22. The molecule has 0 aliphatic carbocycles. The number of aryl methyl sites for hydroxylation is 1. The highest BCUT2D eigenvalue weighted by atomic mass is 32.2. The topological polar surface area (TPSA) is 95.0 Å². The first-order chi connectivity index (χ1) is 16.2. The molecule has 34 heavy (non-hydrogen) atoms. The molecule has 0 radical (unpaired) electrons. The largest absolute Gasteiger partial charge is 0.467 e. The molecule has 1 N–H and O–H groups in total. The Morgan fingerprint density at radius 1 is 1.06 bits per heavy atom. The van der Waals surface area contributed by atoms with Crippen LogP contribution >= 0.6 is 11.8 Å². The molecule has 3 heterocycles. The van der Waals surface area contributed by atoms with Crippen molar-refractivity contribution in [3.8, 4) is 11.4 Å². The minimum Gasteiger partial charge on any atom is -0.467 e. The normalized spacial score (nSPS) is 11.5. The van der Waals surface area contributed by atoms with Crippen LogP contribution in [0.3, 0.4) is 0 Å². The van der Waals surface area contributed by atoms with Crippen LogP contribution in [-0.2, 0) is 23.8 Å². The summed E-state index contributed by atoms with van der Waals surface area (Å²) in [6.07, 6.45) is 3.37. The van der Waals surface area contributed by atoms with Crippen molar-refractivity contribution in [2.75, 3.05) is 5.75 Å². The van der Waals surface area contributed by atoms with Gasteiger partial charge in [-0.15, -0.1) is 10.2 Å². The molecule has 4 aromatic rings. The number of benzene rings is 1. The number of rotatable bonds is 7. The smallest absolute Gasteiger partial charge is 0.274 e. The lowest BCUT2D eigenvalue weighted by Crippen LogP contribution is -2.33. The third kappa shape index (κ3) is 5.31. The number of carbonyl (C=O) groups is 2. The molecule has 0 unspecified atom stereocenters. The third-order valence-electron chi connectivity index (χ3n) is 5.38. The molecule has 1 aromatic carbocycles. The summed E-state index contributed by atoms with van der Waals surface area (Å²) in [5.41, 5.74) is 2.61. The molecule has 2 amide bonds. The van der Waals surface area contributed by atoms with Gasteiger partial charge in [0, 0.05) is 18.8 Å². The van der Waals surface area contributed by atoms with Gasteiger partial charge in [0.25, 0.3) is 5.91 Å². The number of nitrogens with one attached hydrogen (secondary N) is 1. The van der Waals surface area contributed by atoms with E-state index in [2.05, 4.69) is 48.4 Å². The fourth-order valence-electron chi connectivity index (χ4n) is 3.48. The highest BCUT2D eigenvalue weighted by molar-refractivity contribution is 7.99. The summed E-state index contributed by atoms with van der Waals surface area (Å²) in [6, 6.07) is 15.4. The minimum atomic E-state index is -0.435. The highest BCUT2D eigenvalue weighted by Gasteiger charge is 2.20. The van der Waals surface area contributed by atoms with Gasteiger partial charge < -0.3 is 8.98 Å². The molecule has 3 aromatic heterocycles. The predicted octanol–water partition coefficient (Wildman–Crippen LogP) is 4.27.